The standard InChI is InChI=1S/C74H141NO5/c1-3-5-7-9-11-13-15-17-19-20-32-35-39-42-46-50-54-58-62-66-72(77)71(70-76)75-73(78)67-63-59-55-51-47-43-40-36-33-30-28-26-24-22-21-23-25-27-29-31-34-37-41-45-49-53-57-61-65-69-80-74(79)68-64-60-56-52-48-44-38-18-16-14-12-10-8-6-4-2/h18,21,23,27,29,38,71-72,76-77H,3-17,19-20,22,24-26,28,30-37,39-70H2,1-2H3,(H,75,78)/b23-21-,29-27-,38-18-. The number of rotatable bonds is 68. The number of amides is 1. The molecule has 472 valence electrons. The average Bonchev–Trinajstić information content (AvgIpc) is 3.46. The van der Waals surface area contributed by atoms with Gasteiger partial charge in [0.2, 0.25) is 5.91 Å². The maximum atomic E-state index is 12.5. The van der Waals surface area contributed by atoms with Crippen LogP contribution < -0.4 is 5.32 Å². The maximum absolute atomic E-state index is 12.5. The Kier molecular flexibility index (Phi) is 67.9. The smallest absolute Gasteiger partial charge is 0.305 e. The normalized spacial score (nSPS) is 12.7. The summed E-state index contributed by atoms with van der Waals surface area (Å²) >= 11 is 0. The second kappa shape index (κ2) is 69.6. The van der Waals surface area contributed by atoms with Crippen molar-refractivity contribution in [2.75, 3.05) is 13.2 Å². The second-order valence-corrected chi connectivity index (χ2v) is 24.9. The lowest BCUT2D eigenvalue weighted by Crippen LogP contribution is -2.45. The Morgan fingerprint density at radius 3 is 0.963 bits per heavy atom. The van der Waals surface area contributed by atoms with Gasteiger partial charge in [-0.3, -0.25) is 9.59 Å². The van der Waals surface area contributed by atoms with Crippen LogP contribution in [0.2, 0.25) is 0 Å². The zero-order valence-corrected chi connectivity index (χ0v) is 54.1. The number of allylic oxidation sites excluding steroid dienone is 6. The van der Waals surface area contributed by atoms with Crippen LogP contribution >= 0.6 is 0 Å². The molecule has 1 amide bonds. The van der Waals surface area contributed by atoms with Gasteiger partial charge >= 0.3 is 5.97 Å². The van der Waals surface area contributed by atoms with Crippen molar-refractivity contribution >= 4 is 11.9 Å². The van der Waals surface area contributed by atoms with Gasteiger partial charge in [0.15, 0.2) is 0 Å². The largest absolute Gasteiger partial charge is 0.466 e. The fourth-order valence-electron chi connectivity index (χ4n) is 11.4. The molecule has 0 aliphatic rings. The molecule has 3 N–H and O–H groups in total. The molecule has 80 heavy (non-hydrogen) atoms. The van der Waals surface area contributed by atoms with E-state index in [1.54, 1.807) is 0 Å². The lowest BCUT2D eigenvalue weighted by atomic mass is 10.0. The fraction of sp³-hybridized carbons (Fsp3) is 0.892. The third-order valence-corrected chi connectivity index (χ3v) is 16.9. The van der Waals surface area contributed by atoms with Crippen LogP contribution in [0.4, 0.5) is 0 Å². The number of aliphatic hydroxyl groups is 2. The molecule has 0 bridgehead atoms. The first-order valence-corrected chi connectivity index (χ1v) is 36.2. The Balaban J connectivity index is 3.40. The highest BCUT2D eigenvalue weighted by Gasteiger charge is 2.20. The maximum Gasteiger partial charge on any atom is 0.305 e. The van der Waals surface area contributed by atoms with Crippen molar-refractivity contribution in [2.45, 2.75) is 411 Å². The molecule has 0 aromatic carbocycles. The van der Waals surface area contributed by atoms with Crippen LogP contribution in [0.1, 0.15) is 399 Å². The zero-order valence-electron chi connectivity index (χ0n) is 54.1. The number of carbonyl (C=O) groups is 2. The minimum Gasteiger partial charge on any atom is -0.466 e. The molecule has 0 saturated carbocycles. The molecule has 0 aromatic rings. The van der Waals surface area contributed by atoms with Crippen LogP contribution in [0.3, 0.4) is 0 Å². The van der Waals surface area contributed by atoms with Gasteiger partial charge in [-0.15, -0.1) is 0 Å². The van der Waals surface area contributed by atoms with Gasteiger partial charge in [0.25, 0.3) is 0 Å². The van der Waals surface area contributed by atoms with Crippen molar-refractivity contribution in [1.82, 2.24) is 5.32 Å². The van der Waals surface area contributed by atoms with Crippen LogP contribution in [0, 0.1) is 0 Å². The van der Waals surface area contributed by atoms with E-state index in [2.05, 4.69) is 55.6 Å². The van der Waals surface area contributed by atoms with E-state index in [0.717, 1.165) is 51.4 Å². The molecule has 0 aromatic heterocycles. The first-order valence-electron chi connectivity index (χ1n) is 36.2. The highest BCUT2D eigenvalue weighted by Crippen LogP contribution is 2.19. The van der Waals surface area contributed by atoms with Gasteiger partial charge in [-0.2, -0.15) is 0 Å². The van der Waals surface area contributed by atoms with Gasteiger partial charge in [-0.25, -0.2) is 0 Å². The molecule has 2 atom stereocenters. The van der Waals surface area contributed by atoms with Gasteiger partial charge in [0, 0.05) is 12.8 Å². The Bertz CT molecular complexity index is 1300. The summed E-state index contributed by atoms with van der Waals surface area (Å²) in [6, 6.07) is -0.543. The number of unbranched alkanes of at least 4 members (excludes halogenated alkanes) is 51. The second-order valence-electron chi connectivity index (χ2n) is 24.9. The number of nitrogens with one attached hydrogen (secondary N) is 1. The molecule has 0 rings (SSSR count). The molecule has 0 fully saturated rings. The Morgan fingerprint density at radius 1 is 0.350 bits per heavy atom. The number of hydrogen-bond donors (Lipinski definition) is 3. The first kappa shape index (κ1) is 78.1. The monoisotopic (exact) mass is 1120 g/mol. The Labute approximate surface area is 500 Å². The first-order chi connectivity index (χ1) is 39.5. The molecule has 0 aliphatic heterocycles. The molecule has 0 heterocycles. The van der Waals surface area contributed by atoms with E-state index in [1.165, 1.54) is 315 Å². The molecule has 0 radical (unpaired) electrons. The van der Waals surface area contributed by atoms with E-state index in [4.69, 9.17) is 4.74 Å². The predicted molar refractivity (Wildman–Crippen MR) is 352 cm³/mol. The summed E-state index contributed by atoms with van der Waals surface area (Å²) < 4.78 is 5.49. The van der Waals surface area contributed by atoms with Crippen LogP contribution in [-0.2, 0) is 14.3 Å². The van der Waals surface area contributed by atoms with Crippen molar-refractivity contribution in [2.24, 2.45) is 0 Å². The molecule has 0 saturated heterocycles. The van der Waals surface area contributed by atoms with Crippen molar-refractivity contribution < 1.29 is 24.5 Å². The number of hydrogen-bond acceptors (Lipinski definition) is 5. The van der Waals surface area contributed by atoms with Gasteiger partial charge in [0.1, 0.15) is 0 Å². The molecule has 0 aliphatic carbocycles. The molecule has 6 heteroatoms. The minimum absolute atomic E-state index is 0.00460. The van der Waals surface area contributed by atoms with Gasteiger partial charge in [-0.05, 0) is 83.5 Å². The summed E-state index contributed by atoms with van der Waals surface area (Å²) in [5, 5.41) is 23.4. The molecule has 6 nitrogen and oxygen atoms in total. The van der Waals surface area contributed by atoms with Gasteiger partial charge in [0.05, 0.1) is 25.4 Å². The highest BCUT2D eigenvalue weighted by molar-refractivity contribution is 5.76. The number of ether oxygens (including phenoxy) is 1. The fourth-order valence-corrected chi connectivity index (χ4v) is 11.4. The summed E-state index contributed by atoms with van der Waals surface area (Å²) in [7, 11) is 0. The SMILES string of the molecule is CCCCCCCC/C=C\CCCCCCCC(=O)OCCCCCCCCCCC/C=C\C/C=C\CCCCCCCCCCCCCCCC(=O)NC(CO)C(O)CCCCCCCCCCCCCCCCCCCCC. The summed E-state index contributed by atoms with van der Waals surface area (Å²) in [5.41, 5.74) is 0. The van der Waals surface area contributed by atoms with E-state index in [9.17, 15) is 19.8 Å². The topological polar surface area (TPSA) is 95.9 Å². The molecule has 2 unspecified atom stereocenters. The zero-order chi connectivity index (χ0) is 57.8. The van der Waals surface area contributed by atoms with E-state index in [-0.39, 0.29) is 18.5 Å². The lowest BCUT2D eigenvalue weighted by molar-refractivity contribution is -0.143. The van der Waals surface area contributed by atoms with Gasteiger partial charge < -0.3 is 20.3 Å². The van der Waals surface area contributed by atoms with E-state index >= 15 is 0 Å². The average molecular weight is 1120 g/mol. The van der Waals surface area contributed by atoms with Crippen molar-refractivity contribution in [1.29, 1.82) is 0 Å². The van der Waals surface area contributed by atoms with Crippen LogP contribution in [0.5, 0.6) is 0 Å². The van der Waals surface area contributed by atoms with E-state index < -0.39 is 12.1 Å². The lowest BCUT2D eigenvalue weighted by Gasteiger charge is -2.22. The minimum atomic E-state index is -0.666. The van der Waals surface area contributed by atoms with Gasteiger partial charge in [-0.1, -0.05) is 339 Å². The summed E-state index contributed by atoms with van der Waals surface area (Å²) in [6.45, 7) is 4.98. The predicted octanol–water partition coefficient (Wildman–Crippen LogP) is 23.5. The Morgan fingerprint density at radius 2 is 0.625 bits per heavy atom. The van der Waals surface area contributed by atoms with Crippen molar-refractivity contribution in [3.05, 3.63) is 36.5 Å². The van der Waals surface area contributed by atoms with Crippen molar-refractivity contribution in [3.63, 3.8) is 0 Å². The Hall–Kier alpha value is -1.92. The molecular weight excluding hydrogens is 983 g/mol. The molecular formula is C74H141NO5. The number of carbonyl (C=O) groups excluding carboxylic acids is 2. The summed E-state index contributed by atoms with van der Waals surface area (Å²) in [6.07, 6.45) is 89.1. The summed E-state index contributed by atoms with van der Waals surface area (Å²) in [4.78, 5) is 24.6. The van der Waals surface area contributed by atoms with E-state index in [1.807, 2.05) is 0 Å². The number of aliphatic hydroxyl groups excluding tert-OH is 2. The van der Waals surface area contributed by atoms with Crippen LogP contribution in [0.25, 0.3) is 0 Å². The third-order valence-electron chi connectivity index (χ3n) is 16.9. The van der Waals surface area contributed by atoms with Crippen LogP contribution in [0.15, 0.2) is 36.5 Å². The van der Waals surface area contributed by atoms with Crippen molar-refractivity contribution in [3.8, 4) is 0 Å². The summed E-state index contributed by atoms with van der Waals surface area (Å²) in [5.74, 6) is -0.0277. The van der Waals surface area contributed by atoms with E-state index in [0.29, 0.717) is 25.9 Å². The quantitative estimate of drug-likeness (QED) is 0.0320. The third kappa shape index (κ3) is 65.2. The number of esters is 1. The highest BCUT2D eigenvalue weighted by atomic mass is 16.5. The van der Waals surface area contributed by atoms with Crippen LogP contribution in [-0.4, -0.2) is 47.4 Å². The molecule has 0 spiro atoms.